The number of rotatable bonds is 5. The molecule has 0 amide bonds. The van der Waals surface area contributed by atoms with Gasteiger partial charge in [0.15, 0.2) is 0 Å². The van der Waals surface area contributed by atoms with Crippen LogP contribution in [-0.2, 0) is 21.3 Å². The topological polar surface area (TPSA) is 80.2 Å². The Hall–Kier alpha value is -1.30. The third-order valence-corrected chi connectivity index (χ3v) is 3.22. The monoisotopic (exact) mass is 228 g/mol. The van der Waals surface area contributed by atoms with E-state index < -0.39 is 22.7 Å². The lowest BCUT2D eigenvalue weighted by Crippen LogP contribution is -2.18. The first-order valence-electron chi connectivity index (χ1n) is 4.43. The summed E-state index contributed by atoms with van der Waals surface area (Å²) >= 11 is 0. The number of aliphatic carboxylic acids is 1. The fourth-order valence-corrected chi connectivity index (χ4v) is 2.21. The number of aromatic nitrogens is 2. The smallest absolute Gasteiger partial charge is 0.307 e. The minimum Gasteiger partial charge on any atom is -0.481 e. The van der Waals surface area contributed by atoms with Crippen LogP contribution >= 0.6 is 0 Å². The number of carbonyl (C=O) groups is 1. The standard InChI is InChI=1S/C9H12N2O3S/c1-7(9(12)13)5-15(14)6-8-10-3-2-4-11-8/h2-4,7H,5-6H2,1H3,(H,12,13). The Morgan fingerprint density at radius 1 is 1.53 bits per heavy atom. The van der Waals surface area contributed by atoms with Crippen LogP contribution in [0.5, 0.6) is 0 Å². The second kappa shape index (κ2) is 5.55. The van der Waals surface area contributed by atoms with Gasteiger partial charge in [-0.1, -0.05) is 6.92 Å². The first-order chi connectivity index (χ1) is 7.09. The third-order valence-electron chi connectivity index (χ3n) is 1.77. The van der Waals surface area contributed by atoms with Crippen LogP contribution in [0.25, 0.3) is 0 Å². The van der Waals surface area contributed by atoms with Crippen LogP contribution in [-0.4, -0.2) is 31.0 Å². The van der Waals surface area contributed by atoms with Gasteiger partial charge in [0.2, 0.25) is 0 Å². The number of hydrogen-bond donors (Lipinski definition) is 1. The predicted octanol–water partition coefficient (Wildman–Crippen LogP) is 0.446. The van der Waals surface area contributed by atoms with E-state index in [0.717, 1.165) is 0 Å². The van der Waals surface area contributed by atoms with E-state index in [4.69, 9.17) is 5.11 Å². The zero-order valence-corrected chi connectivity index (χ0v) is 9.11. The molecule has 0 saturated heterocycles. The minimum absolute atomic E-state index is 0.133. The highest BCUT2D eigenvalue weighted by Gasteiger charge is 2.15. The molecule has 0 aliphatic heterocycles. The maximum Gasteiger partial charge on any atom is 0.307 e. The van der Waals surface area contributed by atoms with Crippen molar-refractivity contribution in [2.75, 3.05) is 5.75 Å². The SMILES string of the molecule is CC(CS(=O)Cc1ncccn1)C(=O)O. The molecule has 2 unspecified atom stereocenters. The molecule has 1 heterocycles. The van der Waals surface area contributed by atoms with Crippen LogP contribution in [0.15, 0.2) is 18.5 Å². The van der Waals surface area contributed by atoms with E-state index >= 15 is 0 Å². The van der Waals surface area contributed by atoms with Crippen molar-refractivity contribution in [3.63, 3.8) is 0 Å². The molecule has 0 aliphatic rings. The first kappa shape index (κ1) is 11.8. The normalized spacial score (nSPS) is 14.5. The minimum atomic E-state index is -1.23. The molecular formula is C9H12N2O3S. The Kier molecular flexibility index (Phi) is 4.36. The summed E-state index contributed by atoms with van der Waals surface area (Å²) in [6.45, 7) is 1.53. The number of carboxylic acids is 1. The Labute approximate surface area is 90.0 Å². The molecule has 15 heavy (non-hydrogen) atoms. The van der Waals surface area contributed by atoms with Gasteiger partial charge in [0, 0.05) is 28.9 Å². The summed E-state index contributed by atoms with van der Waals surface area (Å²) in [7, 11) is -1.23. The lowest BCUT2D eigenvalue weighted by Gasteiger charge is -2.04. The molecule has 82 valence electrons. The molecule has 0 spiro atoms. The number of hydrogen-bond acceptors (Lipinski definition) is 4. The number of carboxylic acid groups (broad SMARTS) is 1. The summed E-state index contributed by atoms with van der Waals surface area (Å²) in [6.07, 6.45) is 3.14. The first-order valence-corrected chi connectivity index (χ1v) is 5.92. The Morgan fingerprint density at radius 2 is 2.13 bits per heavy atom. The summed E-state index contributed by atoms with van der Waals surface area (Å²) < 4.78 is 11.5. The van der Waals surface area contributed by atoms with Gasteiger partial charge in [-0.25, -0.2) is 9.97 Å². The molecule has 0 saturated carbocycles. The van der Waals surface area contributed by atoms with E-state index in [2.05, 4.69) is 9.97 Å². The highest BCUT2D eigenvalue weighted by molar-refractivity contribution is 7.84. The average Bonchev–Trinajstić information content (AvgIpc) is 2.18. The van der Waals surface area contributed by atoms with Crippen molar-refractivity contribution in [2.45, 2.75) is 12.7 Å². The molecule has 1 N–H and O–H groups in total. The summed E-state index contributed by atoms with van der Waals surface area (Å²) in [5.74, 6) is -0.716. The molecule has 0 aliphatic carbocycles. The van der Waals surface area contributed by atoms with Gasteiger partial charge in [0.1, 0.15) is 5.82 Å². The molecule has 6 heteroatoms. The molecule has 0 fully saturated rings. The van der Waals surface area contributed by atoms with E-state index in [1.165, 1.54) is 6.92 Å². The van der Waals surface area contributed by atoms with Gasteiger partial charge in [-0.2, -0.15) is 0 Å². The predicted molar refractivity (Wildman–Crippen MR) is 55.5 cm³/mol. The van der Waals surface area contributed by atoms with Crippen molar-refractivity contribution < 1.29 is 14.1 Å². The molecule has 1 aromatic heterocycles. The fraction of sp³-hybridized carbons (Fsp3) is 0.444. The van der Waals surface area contributed by atoms with Crippen LogP contribution in [0.2, 0.25) is 0 Å². The summed E-state index contributed by atoms with van der Waals surface area (Å²) in [5.41, 5.74) is 0. The van der Waals surface area contributed by atoms with Gasteiger partial charge in [0.05, 0.1) is 11.7 Å². The van der Waals surface area contributed by atoms with E-state index in [-0.39, 0.29) is 11.5 Å². The molecule has 0 aromatic carbocycles. The molecule has 0 radical (unpaired) electrons. The van der Waals surface area contributed by atoms with Gasteiger partial charge < -0.3 is 5.11 Å². The zero-order valence-electron chi connectivity index (χ0n) is 8.29. The second-order valence-electron chi connectivity index (χ2n) is 3.16. The summed E-state index contributed by atoms with van der Waals surface area (Å²) in [4.78, 5) is 18.4. The lowest BCUT2D eigenvalue weighted by molar-refractivity contribution is -0.140. The van der Waals surface area contributed by atoms with Gasteiger partial charge in [-0.05, 0) is 6.07 Å². The maximum absolute atomic E-state index is 11.5. The lowest BCUT2D eigenvalue weighted by atomic mass is 10.2. The van der Waals surface area contributed by atoms with Crippen LogP contribution in [0.1, 0.15) is 12.7 Å². The van der Waals surface area contributed by atoms with Crippen LogP contribution in [0, 0.1) is 5.92 Å². The van der Waals surface area contributed by atoms with Gasteiger partial charge in [0.25, 0.3) is 0 Å². The molecule has 1 rings (SSSR count). The summed E-state index contributed by atoms with van der Waals surface area (Å²) in [5, 5.41) is 8.63. The van der Waals surface area contributed by atoms with Crippen molar-refractivity contribution in [1.82, 2.24) is 9.97 Å². The van der Waals surface area contributed by atoms with Crippen LogP contribution in [0.3, 0.4) is 0 Å². The highest BCUT2D eigenvalue weighted by Crippen LogP contribution is 2.02. The Balaban J connectivity index is 2.47. The van der Waals surface area contributed by atoms with E-state index in [1.807, 2.05) is 0 Å². The third kappa shape index (κ3) is 4.16. The van der Waals surface area contributed by atoms with E-state index in [9.17, 15) is 9.00 Å². The van der Waals surface area contributed by atoms with Crippen molar-refractivity contribution in [2.24, 2.45) is 5.92 Å². The molecule has 2 atom stereocenters. The van der Waals surface area contributed by atoms with Gasteiger partial charge in [-0.3, -0.25) is 9.00 Å². The highest BCUT2D eigenvalue weighted by atomic mass is 32.2. The molecular weight excluding hydrogens is 216 g/mol. The van der Waals surface area contributed by atoms with E-state index in [1.54, 1.807) is 18.5 Å². The molecule has 1 aromatic rings. The average molecular weight is 228 g/mol. The van der Waals surface area contributed by atoms with Crippen LogP contribution < -0.4 is 0 Å². The molecule has 0 bridgehead atoms. The van der Waals surface area contributed by atoms with Crippen molar-refractivity contribution in [3.05, 3.63) is 24.3 Å². The maximum atomic E-state index is 11.5. The Morgan fingerprint density at radius 3 is 2.67 bits per heavy atom. The quantitative estimate of drug-likeness (QED) is 0.791. The van der Waals surface area contributed by atoms with Crippen LogP contribution in [0.4, 0.5) is 0 Å². The van der Waals surface area contributed by atoms with Gasteiger partial charge in [-0.15, -0.1) is 0 Å². The van der Waals surface area contributed by atoms with Crippen molar-refractivity contribution in [3.8, 4) is 0 Å². The van der Waals surface area contributed by atoms with Gasteiger partial charge >= 0.3 is 5.97 Å². The summed E-state index contributed by atoms with van der Waals surface area (Å²) in [6, 6.07) is 1.67. The van der Waals surface area contributed by atoms with E-state index in [0.29, 0.717) is 5.82 Å². The molecule has 5 nitrogen and oxygen atoms in total. The second-order valence-corrected chi connectivity index (χ2v) is 4.66. The number of nitrogens with zero attached hydrogens (tertiary/aromatic N) is 2. The van der Waals surface area contributed by atoms with Crippen molar-refractivity contribution >= 4 is 16.8 Å². The zero-order chi connectivity index (χ0) is 11.3. The fourth-order valence-electron chi connectivity index (χ4n) is 0.958. The van der Waals surface area contributed by atoms with Crippen molar-refractivity contribution in [1.29, 1.82) is 0 Å². The largest absolute Gasteiger partial charge is 0.481 e. The Bertz CT molecular complexity index is 356.